The first kappa shape index (κ1) is 27.6. The zero-order chi connectivity index (χ0) is 26.3. The van der Waals surface area contributed by atoms with Crippen molar-refractivity contribution in [3.63, 3.8) is 0 Å². The van der Waals surface area contributed by atoms with Gasteiger partial charge in [0.15, 0.2) is 18.1 Å². The third-order valence-corrected chi connectivity index (χ3v) is 5.92. The van der Waals surface area contributed by atoms with Crippen LogP contribution in [0.15, 0.2) is 36.4 Å². The zero-order valence-corrected chi connectivity index (χ0v) is 20.7. The number of anilines is 1. The molecule has 198 valence electrons. The number of alkyl halides is 3. The van der Waals surface area contributed by atoms with Gasteiger partial charge in [0.05, 0.1) is 11.3 Å². The minimum absolute atomic E-state index is 0.0410. The standard InChI is InChI=1S/C26H34F3N3O4/c1-25(2,31-9-13-35-21-6-3-4-7-22(21)36-17-26(27,28)29)16-18-14-19-8-11-32(10-5-12-33)23(19)20(15-18)24(30)34/h3-4,6-7,14-15,31,33H,5,8-13,16-17H2,1-2H3,(H2,30,34). The van der Waals surface area contributed by atoms with Gasteiger partial charge >= 0.3 is 6.18 Å². The maximum Gasteiger partial charge on any atom is 0.422 e. The monoisotopic (exact) mass is 509 g/mol. The molecule has 36 heavy (non-hydrogen) atoms. The van der Waals surface area contributed by atoms with Gasteiger partial charge in [-0.05, 0) is 62.4 Å². The fraction of sp³-hybridized carbons (Fsp3) is 0.500. The summed E-state index contributed by atoms with van der Waals surface area (Å²) in [5.41, 5.74) is 8.77. The Hall–Kier alpha value is -2.98. The molecular weight excluding hydrogens is 475 g/mol. The number of benzene rings is 2. The highest BCUT2D eigenvalue weighted by Gasteiger charge is 2.29. The van der Waals surface area contributed by atoms with Crippen molar-refractivity contribution in [2.45, 2.75) is 44.8 Å². The predicted octanol–water partition coefficient (Wildman–Crippen LogP) is 3.46. The molecule has 1 aliphatic heterocycles. The van der Waals surface area contributed by atoms with Gasteiger partial charge in [0.25, 0.3) is 5.91 Å². The second-order valence-electron chi connectivity index (χ2n) is 9.52. The number of para-hydroxylation sites is 2. The van der Waals surface area contributed by atoms with Gasteiger partial charge in [0.1, 0.15) is 6.61 Å². The van der Waals surface area contributed by atoms with Crippen LogP contribution in [0, 0.1) is 0 Å². The number of nitrogens with one attached hydrogen (secondary N) is 1. The lowest BCUT2D eigenvalue weighted by atomic mass is 9.91. The largest absolute Gasteiger partial charge is 0.488 e. The van der Waals surface area contributed by atoms with Crippen molar-refractivity contribution in [3.8, 4) is 11.5 Å². The van der Waals surface area contributed by atoms with E-state index in [4.69, 9.17) is 20.3 Å². The quantitative estimate of drug-likeness (QED) is 0.358. The molecule has 3 rings (SSSR count). The van der Waals surface area contributed by atoms with Crippen molar-refractivity contribution in [1.29, 1.82) is 0 Å². The first-order valence-electron chi connectivity index (χ1n) is 12.0. The Labute approximate surface area is 209 Å². The smallest absolute Gasteiger partial charge is 0.422 e. The van der Waals surface area contributed by atoms with E-state index in [1.54, 1.807) is 18.2 Å². The molecule has 0 aliphatic carbocycles. The lowest BCUT2D eigenvalue weighted by Gasteiger charge is -2.28. The Balaban J connectivity index is 1.59. The fourth-order valence-corrected chi connectivity index (χ4v) is 4.44. The molecule has 0 fully saturated rings. The number of halogens is 3. The summed E-state index contributed by atoms with van der Waals surface area (Å²) in [4.78, 5) is 14.3. The van der Waals surface area contributed by atoms with E-state index in [1.807, 2.05) is 19.9 Å². The van der Waals surface area contributed by atoms with Crippen molar-refractivity contribution in [2.75, 3.05) is 44.4 Å². The number of aliphatic hydroxyl groups excluding tert-OH is 1. The maximum absolute atomic E-state index is 12.5. The number of primary amides is 1. The summed E-state index contributed by atoms with van der Waals surface area (Å²) in [6, 6.07) is 10.2. The van der Waals surface area contributed by atoms with Gasteiger partial charge < -0.3 is 30.5 Å². The number of aliphatic hydroxyl groups is 1. The summed E-state index contributed by atoms with van der Waals surface area (Å²) in [5.74, 6) is -0.189. The van der Waals surface area contributed by atoms with Crippen LogP contribution in [0.1, 0.15) is 41.8 Å². The van der Waals surface area contributed by atoms with Gasteiger partial charge in [-0.3, -0.25) is 4.79 Å². The molecular formula is C26H34F3N3O4. The number of nitrogens with zero attached hydrogens (tertiary/aromatic N) is 1. The van der Waals surface area contributed by atoms with Crippen molar-refractivity contribution in [3.05, 3.63) is 53.1 Å². The third kappa shape index (κ3) is 7.76. The molecule has 0 saturated heterocycles. The van der Waals surface area contributed by atoms with Gasteiger partial charge in [-0.2, -0.15) is 13.2 Å². The molecule has 0 bridgehead atoms. The van der Waals surface area contributed by atoms with Crippen molar-refractivity contribution in [2.24, 2.45) is 5.73 Å². The zero-order valence-electron chi connectivity index (χ0n) is 20.7. The molecule has 0 unspecified atom stereocenters. The topological polar surface area (TPSA) is 97.1 Å². The Morgan fingerprint density at radius 2 is 1.86 bits per heavy atom. The molecule has 0 saturated carbocycles. The number of amides is 1. The van der Waals surface area contributed by atoms with Crippen LogP contribution >= 0.6 is 0 Å². The van der Waals surface area contributed by atoms with Crippen molar-refractivity contribution < 1.29 is 32.5 Å². The van der Waals surface area contributed by atoms with E-state index in [9.17, 15) is 18.0 Å². The summed E-state index contributed by atoms with van der Waals surface area (Å²) >= 11 is 0. The molecule has 4 N–H and O–H groups in total. The molecule has 1 amide bonds. The number of fused-ring (bicyclic) bond motifs is 1. The second-order valence-corrected chi connectivity index (χ2v) is 9.52. The van der Waals surface area contributed by atoms with Crippen molar-refractivity contribution >= 4 is 11.6 Å². The lowest BCUT2D eigenvalue weighted by Crippen LogP contribution is -2.43. The minimum Gasteiger partial charge on any atom is -0.488 e. The van der Waals surface area contributed by atoms with Crippen LogP contribution in [-0.4, -0.2) is 62.2 Å². The minimum atomic E-state index is -4.43. The van der Waals surface area contributed by atoms with Crippen molar-refractivity contribution in [1.82, 2.24) is 5.32 Å². The highest BCUT2D eigenvalue weighted by Crippen LogP contribution is 2.34. The molecule has 0 spiro atoms. The van der Waals surface area contributed by atoms with E-state index < -0.39 is 18.7 Å². The number of hydrogen-bond donors (Lipinski definition) is 3. The first-order chi connectivity index (χ1) is 17.0. The van der Waals surface area contributed by atoms with Gasteiger partial charge in [0.2, 0.25) is 0 Å². The van der Waals surface area contributed by atoms with Gasteiger partial charge in [-0.25, -0.2) is 0 Å². The number of nitrogens with two attached hydrogens (primary N) is 1. The Bertz CT molecular complexity index is 1040. The van der Waals surface area contributed by atoms with Crippen LogP contribution in [0.4, 0.5) is 18.9 Å². The normalized spacial score (nSPS) is 13.6. The molecule has 0 atom stereocenters. The first-order valence-corrected chi connectivity index (χ1v) is 12.0. The summed E-state index contributed by atoms with van der Waals surface area (Å²) < 4.78 is 48.0. The molecule has 1 aliphatic rings. The molecule has 0 aromatic heterocycles. The van der Waals surface area contributed by atoms with Crippen LogP contribution < -0.4 is 25.4 Å². The third-order valence-electron chi connectivity index (χ3n) is 5.92. The molecule has 10 heteroatoms. The van der Waals surface area contributed by atoms with E-state index in [0.29, 0.717) is 31.5 Å². The second kappa shape index (κ2) is 11.8. The van der Waals surface area contributed by atoms with Gasteiger partial charge in [0, 0.05) is 31.8 Å². The highest BCUT2D eigenvalue weighted by atomic mass is 19.4. The van der Waals surface area contributed by atoms with Gasteiger partial charge in [-0.15, -0.1) is 0 Å². The fourth-order valence-electron chi connectivity index (χ4n) is 4.44. The predicted molar refractivity (Wildman–Crippen MR) is 132 cm³/mol. The summed E-state index contributed by atoms with van der Waals surface area (Å²) in [6.45, 7) is 4.88. The highest BCUT2D eigenvalue weighted by molar-refractivity contribution is 6.00. The Morgan fingerprint density at radius 3 is 2.50 bits per heavy atom. The lowest BCUT2D eigenvalue weighted by molar-refractivity contribution is -0.153. The number of ether oxygens (including phenoxy) is 2. The number of carbonyl (C=O) groups is 1. The Morgan fingerprint density at radius 1 is 1.17 bits per heavy atom. The molecule has 0 radical (unpaired) electrons. The van der Waals surface area contributed by atoms with Crippen LogP contribution in [0.25, 0.3) is 0 Å². The summed E-state index contributed by atoms with van der Waals surface area (Å²) in [7, 11) is 0. The van der Waals surface area contributed by atoms with E-state index in [0.717, 1.165) is 29.8 Å². The number of rotatable bonds is 13. The van der Waals surface area contributed by atoms with Crippen LogP contribution in [-0.2, 0) is 12.8 Å². The molecule has 7 nitrogen and oxygen atoms in total. The average Bonchev–Trinajstić information content (AvgIpc) is 3.21. The van der Waals surface area contributed by atoms with Crippen LogP contribution in [0.5, 0.6) is 11.5 Å². The number of hydrogen-bond acceptors (Lipinski definition) is 6. The maximum atomic E-state index is 12.5. The van der Waals surface area contributed by atoms with E-state index in [2.05, 4.69) is 16.3 Å². The van der Waals surface area contributed by atoms with Crippen LogP contribution in [0.3, 0.4) is 0 Å². The molecule has 2 aromatic rings. The number of carbonyl (C=O) groups excluding carboxylic acids is 1. The van der Waals surface area contributed by atoms with Crippen LogP contribution in [0.2, 0.25) is 0 Å². The summed E-state index contributed by atoms with van der Waals surface area (Å²) in [6.07, 6.45) is -2.37. The van der Waals surface area contributed by atoms with Gasteiger partial charge in [-0.1, -0.05) is 18.2 Å². The van der Waals surface area contributed by atoms with E-state index in [-0.39, 0.29) is 30.3 Å². The van der Waals surface area contributed by atoms with E-state index in [1.165, 1.54) is 6.07 Å². The SMILES string of the molecule is CC(C)(Cc1cc2c(c(C(N)=O)c1)N(CCCO)CC2)NCCOc1ccccc1OCC(F)(F)F. The van der Waals surface area contributed by atoms with E-state index >= 15 is 0 Å². The Kier molecular flexibility index (Phi) is 9.08. The summed E-state index contributed by atoms with van der Waals surface area (Å²) in [5, 5.41) is 12.6. The molecule has 2 aromatic carbocycles. The average molecular weight is 510 g/mol. The molecule has 1 heterocycles.